The highest BCUT2D eigenvalue weighted by Gasteiger charge is 2.07. The van der Waals surface area contributed by atoms with E-state index in [0.29, 0.717) is 0 Å². The molecule has 0 aliphatic heterocycles. The van der Waals surface area contributed by atoms with Gasteiger partial charge >= 0.3 is 0 Å². The van der Waals surface area contributed by atoms with E-state index < -0.39 is 0 Å². The average Bonchev–Trinajstić information content (AvgIpc) is 2.52. The Bertz CT molecular complexity index is 270. The summed E-state index contributed by atoms with van der Waals surface area (Å²) in [4.78, 5) is 1.26. The number of hydrogen-bond acceptors (Lipinski definition) is 2. The zero-order valence-electron chi connectivity index (χ0n) is 7.50. The minimum absolute atomic E-state index is 0.191. The predicted octanol–water partition coefficient (Wildman–Crippen LogP) is 3.87. The van der Waals surface area contributed by atoms with E-state index >= 15 is 0 Å². The standard InChI is InChI=1S/C10H14BrNS/c1-2-3-4-5-8(12)9-6-7-10(11)13-9/h2,6-8H,1,3-5,12H2. The minimum atomic E-state index is 0.191. The molecule has 0 amide bonds. The van der Waals surface area contributed by atoms with Crippen molar-refractivity contribution in [1.29, 1.82) is 0 Å². The Morgan fingerprint density at radius 3 is 2.92 bits per heavy atom. The fourth-order valence-electron chi connectivity index (χ4n) is 1.15. The molecule has 0 radical (unpaired) electrons. The monoisotopic (exact) mass is 259 g/mol. The molecule has 1 rings (SSSR count). The molecule has 13 heavy (non-hydrogen) atoms. The average molecular weight is 260 g/mol. The van der Waals surface area contributed by atoms with Crippen LogP contribution in [0.25, 0.3) is 0 Å². The fourth-order valence-corrected chi connectivity index (χ4v) is 2.61. The van der Waals surface area contributed by atoms with Gasteiger partial charge in [-0.2, -0.15) is 0 Å². The van der Waals surface area contributed by atoms with Gasteiger partial charge in [-0.3, -0.25) is 0 Å². The first-order valence-electron chi connectivity index (χ1n) is 4.35. The molecule has 0 saturated heterocycles. The largest absolute Gasteiger partial charge is 0.323 e. The van der Waals surface area contributed by atoms with Crippen molar-refractivity contribution in [1.82, 2.24) is 0 Å². The van der Waals surface area contributed by atoms with Crippen molar-refractivity contribution >= 4 is 27.3 Å². The van der Waals surface area contributed by atoms with Crippen molar-refractivity contribution in [3.8, 4) is 0 Å². The highest BCUT2D eigenvalue weighted by atomic mass is 79.9. The second kappa shape index (κ2) is 5.58. The lowest BCUT2D eigenvalue weighted by Crippen LogP contribution is -2.07. The molecule has 0 fully saturated rings. The summed E-state index contributed by atoms with van der Waals surface area (Å²) < 4.78 is 1.15. The Labute approximate surface area is 91.8 Å². The molecule has 2 N–H and O–H groups in total. The van der Waals surface area contributed by atoms with Crippen molar-refractivity contribution in [3.05, 3.63) is 33.5 Å². The summed E-state index contributed by atoms with van der Waals surface area (Å²) in [6.07, 6.45) is 5.16. The Morgan fingerprint density at radius 1 is 1.62 bits per heavy atom. The van der Waals surface area contributed by atoms with E-state index in [2.05, 4.69) is 28.6 Å². The van der Waals surface area contributed by atoms with Gasteiger partial charge in [0.15, 0.2) is 0 Å². The van der Waals surface area contributed by atoms with E-state index in [1.165, 1.54) is 4.88 Å². The van der Waals surface area contributed by atoms with E-state index in [0.717, 1.165) is 23.0 Å². The van der Waals surface area contributed by atoms with Crippen LogP contribution in [0.1, 0.15) is 30.2 Å². The first-order chi connectivity index (χ1) is 6.24. The summed E-state index contributed by atoms with van der Waals surface area (Å²) in [5, 5.41) is 0. The van der Waals surface area contributed by atoms with E-state index in [9.17, 15) is 0 Å². The number of unbranched alkanes of at least 4 members (excludes halogenated alkanes) is 1. The SMILES string of the molecule is C=CCCCC(N)c1ccc(Br)s1. The van der Waals surface area contributed by atoms with Gasteiger partial charge in [0, 0.05) is 10.9 Å². The molecular weight excluding hydrogens is 246 g/mol. The summed E-state index contributed by atoms with van der Waals surface area (Å²) in [7, 11) is 0. The molecule has 0 aliphatic carbocycles. The van der Waals surface area contributed by atoms with Crippen molar-refractivity contribution < 1.29 is 0 Å². The van der Waals surface area contributed by atoms with Crippen LogP contribution in [0, 0.1) is 0 Å². The number of halogens is 1. The van der Waals surface area contributed by atoms with Crippen LogP contribution in [0.3, 0.4) is 0 Å². The van der Waals surface area contributed by atoms with Crippen molar-refractivity contribution in [3.63, 3.8) is 0 Å². The van der Waals surface area contributed by atoms with Gasteiger partial charge in [0.1, 0.15) is 0 Å². The summed E-state index contributed by atoms with van der Waals surface area (Å²) in [5.41, 5.74) is 6.00. The normalized spacial score (nSPS) is 12.8. The van der Waals surface area contributed by atoms with Gasteiger partial charge in [-0.25, -0.2) is 0 Å². The maximum Gasteiger partial charge on any atom is 0.0701 e. The lowest BCUT2D eigenvalue weighted by Gasteiger charge is -2.07. The summed E-state index contributed by atoms with van der Waals surface area (Å²) in [6, 6.07) is 4.33. The lowest BCUT2D eigenvalue weighted by molar-refractivity contribution is 0.626. The second-order valence-electron chi connectivity index (χ2n) is 2.97. The molecule has 1 aromatic rings. The zero-order chi connectivity index (χ0) is 9.68. The number of nitrogens with two attached hydrogens (primary N) is 1. The molecule has 0 aliphatic rings. The fraction of sp³-hybridized carbons (Fsp3) is 0.400. The summed E-state index contributed by atoms with van der Waals surface area (Å²) >= 11 is 5.15. The third-order valence-corrected chi connectivity index (χ3v) is 3.64. The molecule has 0 bridgehead atoms. The van der Waals surface area contributed by atoms with Gasteiger partial charge in [0.2, 0.25) is 0 Å². The van der Waals surface area contributed by atoms with Gasteiger partial charge < -0.3 is 5.73 Å². The highest BCUT2D eigenvalue weighted by molar-refractivity contribution is 9.11. The smallest absolute Gasteiger partial charge is 0.0701 e. The molecule has 0 aromatic carbocycles. The van der Waals surface area contributed by atoms with E-state index in [1.54, 1.807) is 11.3 Å². The van der Waals surface area contributed by atoms with Crippen LogP contribution in [0.5, 0.6) is 0 Å². The minimum Gasteiger partial charge on any atom is -0.323 e. The highest BCUT2D eigenvalue weighted by Crippen LogP contribution is 2.28. The molecule has 0 spiro atoms. The van der Waals surface area contributed by atoms with E-state index in [-0.39, 0.29) is 6.04 Å². The van der Waals surface area contributed by atoms with Crippen molar-refractivity contribution in [2.75, 3.05) is 0 Å². The van der Waals surface area contributed by atoms with Crippen LogP contribution >= 0.6 is 27.3 Å². The quantitative estimate of drug-likeness (QED) is 0.631. The topological polar surface area (TPSA) is 26.0 Å². The predicted molar refractivity (Wildman–Crippen MR) is 63.0 cm³/mol. The Kier molecular flexibility index (Phi) is 4.70. The van der Waals surface area contributed by atoms with E-state index in [1.807, 2.05) is 12.1 Å². The van der Waals surface area contributed by atoms with Gasteiger partial charge in [0.25, 0.3) is 0 Å². The lowest BCUT2D eigenvalue weighted by atomic mass is 10.1. The Hall–Kier alpha value is -0.120. The molecule has 1 nitrogen and oxygen atoms in total. The van der Waals surface area contributed by atoms with Crippen molar-refractivity contribution in [2.45, 2.75) is 25.3 Å². The number of hydrogen-bond donors (Lipinski definition) is 1. The van der Waals surface area contributed by atoms with Crippen LogP contribution in [-0.2, 0) is 0 Å². The molecule has 3 heteroatoms. The number of rotatable bonds is 5. The molecular formula is C10H14BrNS. The number of allylic oxidation sites excluding steroid dienone is 1. The van der Waals surface area contributed by atoms with Crippen LogP contribution in [0.4, 0.5) is 0 Å². The van der Waals surface area contributed by atoms with Gasteiger partial charge in [0.05, 0.1) is 3.79 Å². The Balaban J connectivity index is 2.39. The van der Waals surface area contributed by atoms with E-state index in [4.69, 9.17) is 5.73 Å². The molecule has 1 heterocycles. The van der Waals surface area contributed by atoms with Crippen molar-refractivity contribution in [2.24, 2.45) is 5.73 Å². The van der Waals surface area contributed by atoms with Gasteiger partial charge in [-0.15, -0.1) is 17.9 Å². The first-order valence-corrected chi connectivity index (χ1v) is 5.96. The van der Waals surface area contributed by atoms with Gasteiger partial charge in [-0.1, -0.05) is 6.08 Å². The second-order valence-corrected chi connectivity index (χ2v) is 5.46. The maximum absolute atomic E-state index is 6.00. The van der Waals surface area contributed by atoms with Gasteiger partial charge in [-0.05, 0) is 47.3 Å². The molecule has 1 unspecified atom stereocenters. The van der Waals surface area contributed by atoms with Crippen LogP contribution in [0.15, 0.2) is 28.6 Å². The third kappa shape index (κ3) is 3.63. The Morgan fingerprint density at radius 2 is 2.38 bits per heavy atom. The summed E-state index contributed by atoms with van der Waals surface area (Å²) in [6.45, 7) is 3.69. The molecule has 0 saturated carbocycles. The van der Waals surface area contributed by atoms with Crippen LogP contribution in [0.2, 0.25) is 0 Å². The molecule has 1 atom stereocenters. The first kappa shape index (κ1) is 11.0. The molecule has 72 valence electrons. The zero-order valence-corrected chi connectivity index (χ0v) is 9.90. The number of thiophene rings is 1. The van der Waals surface area contributed by atoms with Crippen LogP contribution < -0.4 is 5.73 Å². The van der Waals surface area contributed by atoms with Crippen LogP contribution in [-0.4, -0.2) is 0 Å². The maximum atomic E-state index is 6.00. The third-order valence-electron chi connectivity index (χ3n) is 1.88. The summed E-state index contributed by atoms with van der Waals surface area (Å²) in [5.74, 6) is 0. The molecule has 1 aromatic heterocycles.